The van der Waals surface area contributed by atoms with Gasteiger partial charge in [0.15, 0.2) is 18.9 Å². The van der Waals surface area contributed by atoms with Gasteiger partial charge < -0.3 is 137 Å². The van der Waals surface area contributed by atoms with Crippen molar-refractivity contribution < 1.29 is 161 Å². The fourth-order valence-corrected chi connectivity index (χ4v) is 14.7. The second kappa shape index (κ2) is 46.5. The second-order valence-corrected chi connectivity index (χ2v) is 30.0. The summed E-state index contributed by atoms with van der Waals surface area (Å²) in [6.07, 6.45) is -28.8. The Bertz CT molecular complexity index is 3540. The lowest BCUT2D eigenvalue weighted by Crippen LogP contribution is -2.61. The van der Waals surface area contributed by atoms with Gasteiger partial charge >= 0.3 is 23.9 Å². The number of rotatable bonds is 42. The summed E-state index contributed by atoms with van der Waals surface area (Å²) in [5.74, 6) is -9.78. The summed E-state index contributed by atoms with van der Waals surface area (Å²) in [7, 11) is 0. The number of hydrogen-bond acceptors (Lipinski definition) is 32. The van der Waals surface area contributed by atoms with Crippen LogP contribution in [0.5, 0.6) is 0 Å². The largest absolute Gasteiger partial charge is 0.463 e. The van der Waals surface area contributed by atoms with E-state index in [1.54, 1.807) is 0 Å². The van der Waals surface area contributed by atoms with Crippen molar-refractivity contribution in [2.45, 2.75) is 234 Å². The zero-order chi connectivity index (χ0) is 82.3. The van der Waals surface area contributed by atoms with Crippen LogP contribution < -0.4 is 0 Å². The standard InChI is InChI=1S/C52H59Cl3O16.C24H39Cl3O16.FH/c53-25-37-42(58)48(60)51(31-54,68-37)70-50-46-43(59)47(55)52(69-46,71-50)32-66-41(57)24-14-13-23-40(56)63-29-38(61-26-33-15-5-1-6-16-33)44(64-28-35-19-9-3-10-20-35)45-39(62-27-34-17-7-2-8-18-34)30-65-49(67-45)36-21-11-4-12-22-36;25-5-12-19(35)22(38)24(9-26,42-12)43-23-21(37)20(36)16(27)13(41-23)8-40-15(32)4-2-1-3-14(31)39-7-11(30)18(34)17(33)10(29)6-28;/h1-12,15-22,37-39,42-50,58-60H,13-14,23-32H2;10-13,16-23,28-30,33-38H,1-9H2;1H/t37-,38+,39+,42+,43-,44?,45?,46?,47-,48+,49-,50+,51+,52?;10?,11-,12?,13?,16?,17-,18-,19-,20+,21+,22+,23?,24?;/m11./s1. The van der Waals surface area contributed by atoms with E-state index in [4.69, 9.17) is 151 Å². The molecule has 4 aromatic carbocycles. The maximum Gasteiger partial charge on any atom is 0.305 e. The Kier molecular flexibility index (Phi) is 38.8. The van der Waals surface area contributed by atoms with Crippen molar-refractivity contribution in [3.05, 3.63) is 144 Å². The Morgan fingerprint density at radius 3 is 1.48 bits per heavy atom. The number of alkyl halides is 6. The van der Waals surface area contributed by atoms with E-state index in [0.717, 1.165) is 22.3 Å². The predicted molar refractivity (Wildman–Crippen MR) is 402 cm³/mol. The number of benzene rings is 4. The highest BCUT2D eigenvalue weighted by Crippen LogP contribution is 2.49. The van der Waals surface area contributed by atoms with Crippen LogP contribution in [0.1, 0.15) is 79.9 Å². The molecule has 10 rings (SSSR count). The van der Waals surface area contributed by atoms with Gasteiger partial charge in [-0.15, -0.1) is 69.6 Å². The first-order valence-electron chi connectivity index (χ1n) is 37.0. The topological polar surface area (TPSA) is 459 Å². The Hall–Kier alpha value is -4.53. The number of esters is 4. The van der Waals surface area contributed by atoms with Crippen LogP contribution in [0.2, 0.25) is 0 Å². The molecule has 6 aliphatic rings. The zero-order valence-corrected chi connectivity index (χ0v) is 66.5. The van der Waals surface area contributed by atoms with Crippen LogP contribution >= 0.6 is 69.6 Å². The average molecular weight is 1760 g/mol. The van der Waals surface area contributed by atoms with E-state index in [2.05, 4.69) is 0 Å². The molecule has 0 spiro atoms. The van der Waals surface area contributed by atoms with E-state index < -0.39 is 225 Å². The van der Waals surface area contributed by atoms with Crippen LogP contribution in [0.4, 0.5) is 4.70 Å². The third-order valence-corrected chi connectivity index (χ3v) is 22.1. The second-order valence-electron chi connectivity index (χ2n) is 27.9. The summed E-state index contributed by atoms with van der Waals surface area (Å²) >= 11 is 36.4. The van der Waals surface area contributed by atoms with Crippen molar-refractivity contribution in [1.82, 2.24) is 0 Å². The van der Waals surface area contributed by atoms with Crippen LogP contribution in [-0.4, -0.2) is 305 Å². The number of aliphatic hydroxyl groups is 12. The third kappa shape index (κ3) is 25.5. The summed E-state index contributed by atoms with van der Waals surface area (Å²) in [6, 6.07) is 38.7. The van der Waals surface area contributed by atoms with Gasteiger partial charge in [-0.05, 0) is 42.4 Å². The Morgan fingerprint density at radius 1 is 0.504 bits per heavy atom. The normalized spacial score (nSPS) is 32.5. The number of aliphatic hydroxyl groups excluding tert-OH is 12. The van der Waals surface area contributed by atoms with Crippen LogP contribution in [0.3, 0.4) is 0 Å². The molecule has 6 saturated heterocycles. The molecule has 0 aromatic heterocycles. The molecule has 6 heterocycles. The molecule has 6 aliphatic heterocycles. The predicted octanol–water partition coefficient (Wildman–Crippen LogP) is 2.82. The molecule has 39 heteroatoms. The number of halogens is 7. The summed E-state index contributed by atoms with van der Waals surface area (Å²) in [6.45, 7) is -1.90. The van der Waals surface area contributed by atoms with E-state index in [-0.39, 0.29) is 101 Å². The minimum absolute atomic E-state index is 0. The molecule has 10 unspecified atom stereocenters. The van der Waals surface area contributed by atoms with Gasteiger partial charge in [-0.2, -0.15) is 0 Å². The van der Waals surface area contributed by atoms with Crippen LogP contribution in [0.15, 0.2) is 121 Å². The van der Waals surface area contributed by atoms with Crippen LogP contribution in [0, 0.1) is 0 Å². The molecule has 6 fully saturated rings. The van der Waals surface area contributed by atoms with Gasteiger partial charge in [-0.1, -0.05) is 121 Å². The van der Waals surface area contributed by atoms with Gasteiger partial charge in [0.1, 0.15) is 148 Å². The number of fused-ring (bicyclic) bond motifs is 2. The van der Waals surface area contributed by atoms with Gasteiger partial charge in [0, 0.05) is 31.2 Å². The van der Waals surface area contributed by atoms with E-state index in [9.17, 15) is 75.3 Å². The molecule has 0 aliphatic carbocycles. The number of hydrogen-bond donors (Lipinski definition) is 12. The molecule has 0 saturated carbocycles. The first kappa shape index (κ1) is 95.9. The summed E-state index contributed by atoms with van der Waals surface area (Å²) in [5.41, 5.74) is 3.58. The third-order valence-electron chi connectivity index (χ3n) is 19.7. The summed E-state index contributed by atoms with van der Waals surface area (Å²) < 4.78 is 94.5. The van der Waals surface area contributed by atoms with Gasteiger partial charge in [-0.25, -0.2) is 0 Å². The first-order chi connectivity index (χ1) is 54.7. The molecule has 115 heavy (non-hydrogen) atoms. The van der Waals surface area contributed by atoms with Crippen molar-refractivity contribution in [3.63, 3.8) is 0 Å². The van der Waals surface area contributed by atoms with Crippen molar-refractivity contribution in [1.29, 1.82) is 0 Å². The smallest absolute Gasteiger partial charge is 0.305 e. The number of carbonyl (C=O) groups is 4. The van der Waals surface area contributed by atoms with Crippen molar-refractivity contribution >= 4 is 93.5 Å². The van der Waals surface area contributed by atoms with Crippen molar-refractivity contribution in [2.24, 2.45) is 0 Å². The average Bonchev–Trinajstić information content (AvgIpc) is 1.55. The molecule has 2 bridgehead atoms. The number of unbranched alkanes of at least 4 members (excludes halogenated alkanes) is 2. The molecule has 644 valence electrons. The van der Waals surface area contributed by atoms with Crippen LogP contribution in [0.25, 0.3) is 0 Å². The van der Waals surface area contributed by atoms with Crippen LogP contribution in [-0.2, 0) is 115 Å². The van der Waals surface area contributed by atoms with Crippen molar-refractivity contribution in [2.75, 3.05) is 63.2 Å². The number of ether oxygens (including phenoxy) is 16. The molecule has 32 nitrogen and oxygen atoms in total. The monoisotopic (exact) mass is 1750 g/mol. The molecular formula is C76H99Cl6FO32. The lowest BCUT2D eigenvalue weighted by Gasteiger charge is -2.43. The molecule has 12 N–H and O–H groups in total. The van der Waals surface area contributed by atoms with Gasteiger partial charge in [0.05, 0.1) is 61.9 Å². The SMILES string of the molecule is F.O=C(CCCCC(=O)OCC12OC([C@@H](O[C@]3(CCl)O[C@H](CCl)[C@H](O)[C@@H]3O)O1)[C@@H](O)[C@H]2Cl)OC[C@H](OCc1ccccc1)C(OCc1ccccc1)C1O[C@H](c2ccccc2)OC[C@@H]1OCc1ccccc1.O=C(CCCCC(=O)OC[C@@H](O)[C@@H](O)[C@H](O)C(O)CO)OCC1OC(OC2(CCl)OC(CCl)[C@@H](O)[C@@H]2O)[C@@H](O)[C@@H](O)C1Cl. The fourth-order valence-electron chi connectivity index (χ4n) is 13.0. The zero-order valence-electron chi connectivity index (χ0n) is 62.0. The van der Waals surface area contributed by atoms with E-state index in [0.29, 0.717) is 0 Å². The van der Waals surface area contributed by atoms with E-state index in [1.165, 1.54) is 0 Å². The highest BCUT2D eigenvalue weighted by atomic mass is 35.5. The molecule has 0 amide bonds. The van der Waals surface area contributed by atoms with Crippen molar-refractivity contribution in [3.8, 4) is 0 Å². The Labute approximate surface area is 691 Å². The quantitative estimate of drug-likeness (QED) is 0.0131. The molecule has 4 aromatic rings. The summed E-state index contributed by atoms with van der Waals surface area (Å²) in [4.78, 5) is 50.6. The highest BCUT2D eigenvalue weighted by Gasteiger charge is 2.69. The fraction of sp³-hybridized carbons (Fsp3) is 0.632. The molecular weight excluding hydrogens is 1660 g/mol. The van der Waals surface area contributed by atoms with Gasteiger partial charge in [-0.3, -0.25) is 23.9 Å². The Balaban J connectivity index is 0.000000323. The lowest BCUT2D eigenvalue weighted by atomic mass is 10.0. The van der Waals surface area contributed by atoms with E-state index in [1.807, 2.05) is 121 Å². The maximum atomic E-state index is 13.5. The van der Waals surface area contributed by atoms with Gasteiger partial charge in [0.25, 0.3) is 0 Å². The Morgan fingerprint density at radius 2 is 0.974 bits per heavy atom. The lowest BCUT2D eigenvalue weighted by molar-refractivity contribution is -0.357. The van der Waals surface area contributed by atoms with Gasteiger partial charge in [0.2, 0.25) is 17.4 Å². The van der Waals surface area contributed by atoms with E-state index >= 15 is 0 Å². The number of carbonyl (C=O) groups excluding carboxylic acids is 4. The minimum atomic E-state index is -2.05. The minimum Gasteiger partial charge on any atom is -0.463 e. The molecule has 27 atom stereocenters. The maximum absolute atomic E-state index is 13.5. The highest BCUT2D eigenvalue weighted by molar-refractivity contribution is 6.22. The first-order valence-corrected chi connectivity index (χ1v) is 40.0. The summed E-state index contributed by atoms with van der Waals surface area (Å²) in [5, 5.41) is 118. The molecule has 0 radical (unpaired) electrons.